The van der Waals surface area contributed by atoms with Gasteiger partial charge in [-0.05, 0) is 50.3 Å². The number of carbonyl (C=O) groups excluding carboxylic acids is 1. The molecule has 0 aromatic heterocycles. The Morgan fingerprint density at radius 2 is 1.74 bits per heavy atom. The van der Waals surface area contributed by atoms with Crippen molar-refractivity contribution in [3.8, 4) is 0 Å². The van der Waals surface area contributed by atoms with E-state index >= 15 is 0 Å². The number of amides is 1. The van der Waals surface area contributed by atoms with E-state index in [1.54, 1.807) is 13.8 Å². The van der Waals surface area contributed by atoms with Gasteiger partial charge < -0.3 is 15.5 Å². The summed E-state index contributed by atoms with van der Waals surface area (Å²) in [7, 11) is 0. The van der Waals surface area contributed by atoms with Crippen molar-refractivity contribution in [2.45, 2.75) is 32.1 Å². The van der Waals surface area contributed by atoms with E-state index in [1.807, 2.05) is 0 Å². The van der Waals surface area contributed by atoms with Crippen LogP contribution in [0.15, 0.2) is 35.4 Å². The van der Waals surface area contributed by atoms with Crippen LogP contribution in [0.2, 0.25) is 0 Å². The number of benzene rings is 2. The van der Waals surface area contributed by atoms with Crippen molar-refractivity contribution in [3.63, 3.8) is 0 Å². The molecular formula is C22H21F6N5OS. The average Bonchev–Trinajstić information content (AvgIpc) is 2.74. The Bertz CT molecular complexity index is 1160. The fourth-order valence-electron chi connectivity index (χ4n) is 4.05. The minimum atomic E-state index is -4.93. The van der Waals surface area contributed by atoms with Crippen molar-refractivity contribution < 1.29 is 31.1 Å². The van der Waals surface area contributed by atoms with Crippen LogP contribution in [0.3, 0.4) is 0 Å². The number of nitrogens with one attached hydrogen (secondary N) is 1. The number of hydrogen-bond donors (Lipinski definition) is 2. The zero-order valence-corrected chi connectivity index (χ0v) is 19.4. The topological polar surface area (TPSA) is 74.0 Å². The molecule has 13 heteroatoms. The molecule has 1 fully saturated rings. The largest absolute Gasteiger partial charge is 0.417 e. The van der Waals surface area contributed by atoms with Crippen LogP contribution in [0, 0.1) is 17.5 Å². The molecule has 1 heterocycles. The molecule has 2 aromatic carbocycles. The van der Waals surface area contributed by atoms with Gasteiger partial charge in [-0.15, -0.1) is 0 Å². The van der Waals surface area contributed by atoms with E-state index in [0.717, 1.165) is 30.5 Å². The molecule has 0 radical (unpaired) electrons. The Morgan fingerprint density at radius 3 is 2.31 bits per heavy atom. The zero-order chi connectivity index (χ0) is 26.1. The number of nitrogens with zero attached hydrogens (tertiary/aromatic N) is 3. The molecule has 188 valence electrons. The Hall–Kier alpha value is -3.35. The monoisotopic (exact) mass is 517 g/mol. The normalized spacial score (nSPS) is 18.7. The fraction of sp³-hybridized carbons (Fsp3) is 0.318. The van der Waals surface area contributed by atoms with E-state index in [9.17, 15) is 31.1 Å². The van der Waals surface area contributed by atoms with Gasteiger partial charge in [-0.3, -0.25) is 10.2 Å². The molecule has 1 aliphatic heterocycles. The lowest BCUT2D eigenvalue weighted by atomic mass is 10.0. The molecule has 0 bridgehead atoms. The van der Waals surface area contributed by atoms with Crippen LogP contribution in [-0.2, 0) is 6.18 Å². The van der Waals surface area contributed by atoms with E-state index in [-0.39, 0.29) is 35.5 Å². The molecule has 3 rings (SSSR count). The van der Waals surface area contributed by atoms with Crippen LogP contribution in [0.5, 0.6) is 0 Å². The molecule has 0 spiro atoms. The number of halogens is 6. The summed E-state index contributed by atoms with van der Waals surface area (Å²) in [5.74, 6) is -3.59. The van der Waals surface area contributed by atoms with Gasteiger partial charge in [0.25, 0.3) is 5.91 Å². The molecule has 6 nitrogen and oxygen atoms in total. The summed E-state index contributed by atoms with van der Waals surface area (Å²) in [4.78, 5) is 15.8. The van der Waals surface area contributed by atoms with E-state index in [2.05, 4.69) is 22.7 Å². The molecule has 2 unspecified atom stereocenters. The van der Waals surface area contributed by atoms with Crippen molar-refractivity contribution >= 4 is 35.1 Å². The Morgan fingerprint density at radius 1 is 1.11 bits per heavy atom. The number of anilines is 1. The maximum Gasteiger partial charge on any atom is 0.417 e. The molecule has 35 heavy (non-hydrogen) atoms. The first-order chi connectivity index (χ1) is 16.3. The van der Waals surface area contributed by atoms with E-state index < -0.39 is 52.7 Å². The predicted molar refractivity (Wildman–Crippen MR) is 123 cm³/mol. The lowest BCUT2D eigenvalue weighted by Crippen LogP contribution is -2.59. The number of nitrogens with two attached hydrogens (primary N) is 1. The van der Waals surface area contributed by atoms with Gasteiger partial charge >= 0.3 is 6.18 Å². The number of piperazine rings is 1. The highest BCUT2D eigenvalue weighted by Crippen LogP contribution is 2.35. The number of hydrazone groups is 1. The Labute approximate surface area is 202 Å². The summed E-state index contributed by atoms with van der Waals surface area (Å²) < 4.78 is 83.1. The van der Waals surface area contributed by atoms with Crippen LogP contribution in [0.4, 0.5) is 32.0 Å². The molecular weight excluding hydrogens is 496 g/mol. The summed E-state index contributed by atoms with van der Waals surface area (Å²) >= 11 is 4.57. The van der Waals surface area contributed by atoms with Crippen LogP contribution < -0.4 is 16.1 Å². The van der Waals surface area contributed by atoms with Crippen molar-refractivity contribution in [1.82, 2.24) is 10.3 Å². The van der Waals surface area contributed by atoms with Gasteiger partial charge in [0.05, 0.1) is 23.0 Å². The lowest BCUT2D eigenvalue weighted by Gasteiger charge is -2.45. The zero-order valence-electron chi connectivity index (χ0n) is 18.5. The molecule has 2 atom stereocenters. The maximum absolute atomic E-state index is 14.8. The van der Waals surface area contributed by atoms with Gasteiger partial charge in [-0.1, -0.05) is 0 Å². The molecule has 1 amide bonds. The third kappa shape index (κ3) is 5.84. The molecule has 0 aliphatic carbocycles. The van der Waals surface area contributed by atoms with Gasteiger partial charge in [-0.2, -0.15) is 18.3 Å². The van der Waals surface area contributed by atoms with Crippen LogP contribution in [-0.4, -0.2) is 47.3 Å². The average molecular weight is 517 g/mol. The van der Waals surface area contributed by atoms with E-state index in [1.165, 1.54) is 9.80 Å². The number of alkyl halides is 3. The number of hydrogen-bond acceptors (Lipinski definition) is 4. The first-order valence-electron chi connectivity index (χ1n) is 10.3. The molecule has 3 N–H and O–H groups in total. The number of rotatable bonds is 4. The van der Waals surface area contributed by atoms with Crippen molar-refractivity contribution in [1.29, 1.82) is 0 Å². The predicted octanol–water partition coefficient (Wildman–Crippen LogP) is 4.03. The fourth-order valence-corrected chi connectivity index (χ4v) is 4.11. The Balaban J connectivity index is 1.85. The summed E-state index contributed by atoms with van der Waals surface area (Å²) in [6, 6.07) is 2.42. The number of thiocarbonyl (C=S) groups is 1. The van der Waals surface area contributed by atoms with Crippen LogP contribution in [0.25, 0.3) is 0 Å². The summed E-state index contributed by atoms with van der Waals surface area (Å²) in [6.07, 6.45) is -3.93. The standard InChI is InChI=1S/C22H21F6N5OS/c1-11-9-32(19-7-17(24)13(5-18(19)25)8-30-31-21(29)35)10-12(2)33(11)20(34)15-4-3-14(23)6-16(15)22(26,27)28/h3-8,11-12H,9-10H2,1-2H3,(H3,29,31,35). The van der Waals surface area contributed by atoms with Gasteiger partial charge in [0.2, 0.25) is 0 Å². The van der Waals surface area contributed by atoms with Crippen molar-refractivity contribution in [3.05, 3.63) is 64.5 Å². The minimum absolute atomic E-state index is 0.0193. The second-order valence-corrected chi connectivity index (χ2v) is 8.50. The van der Waals surface area contributed by atoms with Crippen molar-refractivity contribution in [2.75, 3.05) is 18.0 Å². The number of carbonyl (C=O) groups is 1. The first kappa shape index (κ1) is 26.3. The molecule has 0 saturated carbocycles. The highest BCUT2D eigenvalue weighted by Gasteiger charge is 2.40. The molecule has 2 aromatic rings. The van der Waals surface area contributed by atoms with E-state index in [0.29, 0.717) is 0 Å². The quantitative estimate of drug-likeness (QED) is 0.277. The minimum Gasteiger partial charge on any atom is -0.375 e. The molecule has 1 saturated heterocycles. The highest BCUT2D eigenvalue weighted by atomic mass is 32.1. The highest BCUT2D eigenvalue weighted by molar-refractivity contribution is 7.80. The summed E-state index contributed by atoms with van der Waals surface area (Å²) in [6.45, 7) is 3.19. The van der Waals surface area contributed by atoms with E-state index in [4.69, 9.17) is 5.73 Å². The maximum atomic E-state index is 14.8. The van der Waals surface area contributed by atoms with Gasteiger partial charge in [0.1, 0.15) is 17.5 Å². The second kappa shape index (κ2) is 10.1. The SMILES string of the molecule is CC1CN(c2cc(F)c(C=NNC(N)=S)cc2F)CC(C)N1C(=O)c1ccc(F)cc1C(F)(F)F. The Kier molecular flexibility index (Phi) is 7.58. The van der Waals surface area contributed by atoms with Crippen molar-refractivity contribution in [2.24, 2.45) is 10.8 Å². The van der Waals surface area contributed by atoms with Crippen LogP contribution in [0.1, 0.15) is 35.3 Å². The second-order valence-electron chi connectivity index (χ2n) is 8.06. The van der Waals surface area contributed by atoms with Gasteiger partial charge in [-0.25, -0.2) is 13.2 Å². The van der Waals surface area contributed by atoms with Gasteiger partial charge in [0, 0.05) is 36.8 Å². The first-order valence-corrected chi connectivity index (χ1v) is 10.7. The third-order valence-electron chi connectivity index (χ3n) is 5.46. The summed E-state index contributed by atoms with van der Waals surface area (Å²) in [5.41, 5.74) is 5.13. The van der Waals surface area contributed by atoms with Crippen LogP contribution >= 0.6 is 12.2 Å². The third-order valence-corrected chi connectivity index (χ3v) is 5.55. The molecule has 1 aliphatic rings. The van der Waals surface area contributed by atoms with Gasteiger partial charge in [0.15, 0.2) is 5.11 Å². The smallest absolute Gasteiger partial charge is 0.375 e. The summed E-state index contributed by atoms with van der Waals surface area (Å²) in [5, 5.41) is 3.43. The lowest BCUT2D eigenvalue weighted by molar-refractivity contribution is -0.138.